The van der Waals surface area contributed by atoms with Crippen molar-refractivity contribution in [1.29, 1.82) is 0 Å². The zero-order valence-corrected chi connectivity index (χ0v) is 7.05. The molecule has 0 aliphatic rings. The van der Waals surface area contributed by atoms with E-state index in [0.29, 0.717) is 19.6 Å². The number of hydrogen-bond acceptors (Lipinski definition) is 3. The van der Waals surface area contributed by atoms with E-state index in [1.165, 1.54) is 6.92 Å². The molecular weight excluding hydrogens is 144 g/mol. The van der Waals surface area contributed by atoms with Crippen LogP contribution < -0.4 is 10.6 Å². The van der Waals surface area contributed by atoms with E-state index in [-0.39, 0.29) is 12.0 Å². The molecule has 0 aromatic rings. The number of carbonyl (C=O) groups excluding carboxylic acids is 1. The van der Waals surface area contributed by atoms with Crippen LogP contribution in [0.25, 0.3) is 0 Å². The molecule has 0 spiro atoms. The second-order valence-electron chi connectivity index (χ2n) is 2.54. The first-order chi connectivity index (χ1) is 5.13. The molecule has 0 aliphatic heterocycles. The van der Waals surface area contributed by atoms with Crippen molar-refractivity contribution in [3.8, 4) is 0 Å². The molecule has 66 valence electrons. The summed E-state index contributed by atoms with van der Waals surface area (Å²) in [5.41, 5.74) is 0. The minimum absolute atomic E-state index is 0.0242. The van der Waals surface area contributed by atoms with Crippen LogP contribution in [0.5, 0.6) is 0 Å². The highest BCUT2D eigenvalue weighted by Gasteiger charge is 1.93. The number of hydrogen-bond donors (Lipinski definition) is 3. The van der Waals surface area contributed by atoms with Gasteiger partial charge in [0.15, 0.2) is 0 Å². The summed E-state index contributed by atoms with van der Waals surface area (Å²) < 4.78 is 0. The Bertz CT molecular complexity index is 115. The Hall–Kier alpha value is -0.610. The van der Waals surface area contributed by atoms with Gasteiger partial charge in [-0.25, -0.2) is 0 Å². The maximum atomic E-state index is 10.4. The van der Waals surface area contributed by atoms with Gasteiger partial charge < -0.3 is 15.7 Å². The predicted octanol–water partition coefficient (Wildman–Crippen LogP) is -0.907. The average Bonchev–Trinajstić information content (AvgIpc) is 1.85. The first-order valence-corrected chi connectivity index (χ1v) is 3.76. The summed E-state index contributed by atoms with van der Waals surface area (Å²) in [6, 6.07) is 0. The van der Waals surface area contributed by atoms with Crippen LogP contribution in [-0.4, -0.2) is 36.8 Å². The lowest BCUT2D eigenvalue weighted by Gasteiger charge is -2.06. The zero-order chi connectivity index (χ0) is 8.69. The maximum absolute atomic E-state index is 10.4. The third kappa shape index (κ3) is 9.39. The van der Waals surface area contributed by atoms with E-state index in [1.54, 1.807) is 6.92 Å². The number of aliphatic hydroxyl groups is 1. The molecule has 4 nitrogen and oxygen atoms in total. The van der Waals surface area contributed by atoms with Gasteiger partial charge in [0.1, 0.15) is 0 Å². The molecule has 0 bridgehead atoms. The van der Waals surface area contributed by atoms with Crippen LogP contribution >= 0.6 is 0 Å². The van der Waals surface area contributed by atoms with E-state index in [1.807, 2.05) is 0 Å². The monoisotopic (exact) mass is 160 g/mol. The van der Waals surface area contributed by atoms with Crippen molar-refractivity contribution >= 4 is 5.91 Å². The number of aliphatic hydroxyl groups excluding tert-OH is 1. The Kier molecular flexibility index (Phi) is 5.78. The van der Waals surface area contributed by atoms with Gasteiger partial charge in [-0.05, 0) is 6.92 Å². The van der Waals surface area contributed by atoms with E-state index in [2.05, 4.69) is 10.6 Å². The molecule has 0 unspecified atom stereocenters. The molecule has 4 heteroatoms. The molecule has 0 saturated carbocycles. The second-order valence-corrected chi connectivity index (χ2v) is 2.54. The first kappa shape index (κ1) is 10.4. The Balaban J connectivity index is 2.97. The third-order valence-corrected chi connectivity index (χ3v) is 1.12. The van der Waals surface area contributed by atoms with Crippen molar-refractivity contribution in [2.45, 2.75) is 20.0 Å². The molecule has 0 aromatic carbocycles. The van der Waals surface area contributed by atoms with Crippen LogP contribution in [0.4, 0.5) is 0 Å². The van der Waals surface area contributed by atoms with Gasteiger partial charge in [-0.2, -0.15) is 0 Å². The number of nitrogens with one attached hydrogen (secondary N) is 2. The zero-order valence-electron chi connectivity index (χ0n) is 7.05. The van der Waals surface area contributed by atoms with Gasteiger partial charge in [-0.15, -0.1) is 0 Å². The number of rotatable bonds is 5. The van der Waals surface area contributed by atoms with E-state index in [4.69, 9.17) is 5.11 Å². The smallest absolute Gasteiger partial charge is 0.216 e. The summed E-state index contributed by atoms with van der Waals surface area (Å²) in [7, 11) is 0. The van der Waals surface area contributed by atoms with Crippen LogP contribution in [0.3, 0.4) is 0 Å². The molecule has 0 heterocycles. The Morgan fingerprint density at radius 2 is 2.18 bits per heavy atom. The molecule has 1 atom stereocenters. The Morgan fingerprint density at radius 1 is 1.55 bits per heavy atom. The van der Waals surface area contributed by atoms with Crippen molar-refractivity contribution in [2.24, 2.45) is 0 Å². The van der Waals surface area contributed by atoms with Gasteiger partial charge in [0.2, 0.25) is 5.91 Å². The highest BCUT2D eigenvalue weighted by atomic mass is 16.3. The minimum atomic E-state index is -0.327. The highest BCUT2D eigenvalue weighted by Crippen LogP contribution is 1.72. The van der Waals surface area contributed by atoms with Gasteiger partial charge in [0.05, 0.1) is 6.10 Å². The van der Waals surface area contributed by atoms with E-state index in [0.717, 1.165) is 0 Å². The van der Waals surface area contributed by atoms with Crippen LogP contribution in [0, 0.1) is 0 Å². The van der Waals surface area contributed by atoms with E-state index in [9.17, 15) is 4.79 Å². The summed E-state index contributed by atoms with van der Waals surface area (Å²) in [5.74, 6) is -0.0242. The summed E-state index contributed by atoms with van der Waals surface area (Å²) in [6.45, 7) is 5.08. The minimum Gasteiger partial charge on any atom is -0.392 e. The van der Waals surface area contributed by atoms with E-state index < -0.39 is 0 Å². The van der Waals surface area contributed by atoms with Crippen LogP contribution in [0.1, 0.15) is 13.8 Å². The van der Waals surface area contributed by atoms with Gasteiger partial charge in [-0.1, -0.05) is 0 Å². The molecule has 3 N–H and O–H groups in total. The van der Waals surface area contributed by atoms with Gasteiger partial charge >= 0.3 is 0 Å². The Labute approximate surface area is 67.0 Å². The summed E-state index contributed by atoms with van der Waals surface area (Å²) in [6.07, 6.45) is -0.327. The lowest BCUT2D eigenvalue weighted by Crippen LogP contribution is -2.33. The molecule has 0 rings (SSSR count). The first-order valence-electron chi connectivity index (χ1n) is 3.76. The fraction of sp³-hybridized carbons (Fsp3) is 0.857. The number of amides is 1. The molecule has 0 radical (unpaired) electrons. The third-order valence-electron chi connectivity index (χ3n) is 1.12. The SMILES string of the molecule is CC(=O)NCCNC[C@@H](C)O. The average molecular weight is 160 g/mol. The summed E-state index contributed by atoms with van der Waals surface area (Å²) >= 11 is 0. The van der Waals surface area contributed by atoms with E-state index >= 15 is 0 Å². The molecule has 1 amide bonds. The van der Waals surface area contributed by atoms with Gasteiger partial charge in [0, 0.05) is 26.6 Å². The van der Waals surface area contributed by atoms with Crippen molar-refractivity contribution in [2.75, 3.05) is 19.6 Å². The molecule has 11 heavy (non-hydrogen) atoms. The second kappa shape index (κ2) is 6.12. The molecular formula is C7H16N2O2. The maximum Gasteiger partial charge on any atom is 0.216 e. The fourth-order valence-corrected chi connectivity index (χ4v) is 0.638. The van der Waals surface area contributed by atoms with Crippen LogP contribution in [0.2, 0.25) is 0 Å². The molecule has 0 aromatic heterocycles. The summed E-state index contributed by atoms with van der Waals surface area (Å²) in [5, 5.41) is 14.4. The topological polar surface area (TPSA) is 61.4 Å². The largest absolute Gasteiger partial charge is 0.392 e. The van der Waals surface area contributed by atoms with Crippen molar-refractivity contribution < 1.29 is 9.90 Å². The predicted molar refractivity (Wildman–Crippen MR) is 43.2 cm³/mol. The van der Waals surface area contributed by atoms with Crippen LogP contribution in [-0.2, 0) is 4.79 Å². The fourth-order valence-electron chi connectivity index (χ4n) is 0.638. The highest BCUT2D eigenvalue weighted by molar-refractivity contribution is 5.72. The normalized spacial score (nSPS) is 12.6. The molecule has 0 fully saturated rings. The van der Waals surface area contributed by atoms with Gasteiger partial charge in [0.25, 0.3) is 0 Å². The van der Waals surface area contributed by atoms with Crippen molar-refractivity contribution in [3.05, 3.63) is 0 Å². The lowest BCUT2D eigenvalue weighted by atomic mass is 10.4. The number of carbonyl (C=O) groups is 1. The van der Waals surface area contributed by atoms with Crippen LogP contribution in [0.15, 0.2) is 0 Å². The quantitative estimate of drug-likeness (QED) is 0.456. The van der Waals surface area contributed by atoms with Crippen molar-refractivity contribution in [3.63, 3.8) is 0 Å². The van der Waals surface area contributed by atoms with Gasteiger partial charge in [-0.3, -0.25) is 4.79 Å². The Morgan fingerprint density at radius 3 is 2.64 bits per heavy atom. The molecule has 0 saturated heterocycles. The lowest BCUT2D eigenvalue weighted by molar-refractivity contribution is -0.118. The standard InChI is InChI=1S/C7H16N2O2/c1-6(10)5-8-3-4-9-7(2)11/h6,8,10H,3-5H2,1-2H3,(H,9,11)/t6-/m1/s1. The molecule has 0 aliphatic carbocycles. The van der Waals surface area contributed by atoms with Crippen molar-refractivity contribution in [1.82, 2.24) is 10.6 Å². The summed E-state index contributed by atoms with van der Waals surface area (Å²) in [4.78, 5) is 10.4.